The summed E-state index contributed by atoms with van der Waals surface area (Å²) in [6, 6.07) is 12.2. The largest absolute Gasteiger partial charge is 0.481 e. The van der Waals surface area contributed by atoms with Gasteiger partial charge < -0.3 is 30.4 Å². The standard InChI is InChI=1S/C25H28N6O5/c26-23(27)16-1-3-17(4-2-16)24-29-19-15-18(25(35)28-9-7-22(33)34)5-6-20(19)31(24)10-8-21(32)30-11-13-36-14-12-30/h1-6,15H,7-14H2,(H3,26,27)(H,28,35)(H,33,34). The molecule has 2 heterocycles. The third-order valence-corrected chi connectivity index (χ3v) is 6.00. The van der Waals surface area contributed by atoms with E-state index in [2.05, 4.69) is 5.32 Å². The number of carboxylic acids is 1. The number of amidine groups is 1. The molecule has 188 valence electrons. The van der Waals surface area contributed by atoms with Crippen molar-refractivity contribution in [2.75, 3.05) is 32.8 Å². The lowest BCUT2D eigenvalue weighted by Gasteiger charge is -2.27. The van der Waals surface area contributed by atoms with Crippen molar-refractivity contribution in [3.8, 4) is 11.4 Å². The number of imidazole rings is 1. The maximum atomic E-state index is 12.8. The highest BCUT2D eigenvalue weighted by Crippen LogP contribution is 2.27. The molecule has 2 amide bonds. The molecule has 2 aromatic carbocycles. The second-order valence-corrected chi connectivity index (χ2v) is 8.42. The zero-order chi connectivity index (χ0) is 25.7. The number of nitrogen functional groups attached to an aromatic ring is 1. The fraction of sp³-hybridized carbons (Fsp3) is 0.320. The van der Waals surface area contributed by atoms with E-state index in [1.807, 2.05) is 16.7 Å². The fourth-order valence-corrected chi connectivity index (χ4v) is 4.08. The summed E-state index contributed by atoms with van der Waals surface area (Å²) < 4.78 is 7.28. The van der Waals surface area contributed by atoms with Crippen LogP contribution in [0.5, 0.6) is 0 Å². The predicted octanol–water partition coefficient (Wildman–Crippen LogP) is 1.44. The number of rotatable bonds is 9. The van der Waals surface area contributed by atoms with Crippen LogP contribution in [0.3, 0.4) is 0 Å². The molecular formula is C25H28N6O5. The Balaban J connectivity index is 1.64. The molecule has 5 N–H and O–H groups in total. The number of fused-ring (bicyclic) bond motifs is 1. The van der Waals surface area contributed by atoms with Gasteiger partial charge in [-0.05, 0) is 18.2 Å². The van der Waals surface area contributed by atoms with Crippen molar-refractivity contribution in [3.63, 3.8) is 0 Å². The summed E-state index contributed by atoms with van der Waals surface area (Å²) >= 11 is 0. The van der Waals surface area contributed by atoms with E-state index in [0.717, 1.165) is 11.1 Å². The van der Waals surface area contributed by atoms with Crippen molar-refractivity contribution in [3.05, 3.63) is 53.6 Å². The van der Waals surface area contributed by atoms with Gasteiger partial charge in [-0.2, -0.15) is 0 Å². The minimum Gasteiger partial charge on any atom is -0.481 e. The molecule has 0 aliphatic carbocycles. The molecule has 1 fully saturated rings. The predicted molar refractivity (Wildman–Crippen MR) is 133 cm³/mol. The SMILES string of the molecule is N=C(N)c1ccc(-c2nc3cc(C(=O)NCCC(=O)O)ccc3n2CCC(=O)N2CCOCC2)cc1. The first-order chi connectivity index (χ1) is 17.3. The van der Waals surface area contributed by atoms with Crippen molar-refractivity contribution in [2.24, 2.45) is 5.73 Å². The number of hydrogen-bond donors (Lipinski definition) is 4. The van der Waals surface area contributed by atoms with Gasteiger partial charge >= 0.3 is 5.97 Å². The Labute approximate surface area is 207 Å². The van der Waals surface area contributed by atoms with Gasteiger partial charge in [0, 0.05) is 49.3 Å². The van der Waals surface area contributed by atoms with Crippen LogP contribution in [-0.2, 0) is 20.9 Å². The number of carbonyl (C=O) groups excluding carboxylic acids is 2. The van der Waals surface area contributed by atoms with Crippen molar-refractivity contribution in [1.82, 2.24) is 19.8 Å². The number of carboxylic acid groups (broad SMARTS) is 1. The molecule has 11 nitrogen and oxygen atoms in total. The molecule has 1 aromatic heterocycles. The fourth-order valence-electron chi connectivity index (χ4n) is 4.08. The molecule has 0 spiro atoms. The molecule has 1 aliphatic heterocycles. The number of amides is 2. The average molecular weight is 493 g/mol. The van der Waals surface area contributed by atoms with Crippen LogP contribution in [0.15, 0.2) is 42.5 Å². The molecule has 0 unspecified atom stereocenters. The summed E-state index contributed by atoms with van der Waals surface area (Å²) in [6.45, 7) is 2.63. The molecular weight excluding hydrogens is 464 g/mol. The number of aliphatic carboxylic acids is 1. The summed E-state index contributed by atoms with van der Waals surface area (Å²) in [5, 5.41) is 19.0. The van der Waals surface area contributed by atoms with Crippen LogP contribution in [0.1, 0.15) is 28.8 Å². The van der Waals surface area contributed by atoms with Crippen LogP contribution in [0.25, 0.3) is 22.4 Å². The Hall–Kier alpha value is -4.25. The number of nitrogens with one attached hydrogen (secondary N) is 2. The molecule has 1 saturated heterocycles. The highest BCUT2D eigenvalue weighted by molar-refractivity contribution is 5.98. The Bertz CT molecular complexity index is 1290. The number of nitrogens with zero attached hydrogens (tertiary/aromatic N) is 3. The number of aromatic nitrogens is 2. The van der Waals surface area contributed by atoms with Gasteiger partial charge in [0.2, 0.25) is 5.91 Å². The number of aryl methyl sites for hydroxylation is 1. The van der Waals surface area contributed by atoms with Gasteiger partial charge in [0.15, 0.2) is 0 Å². The van der Waals surface area contributed by atoms with Crippen LogP contribution >= 0.6 is 0 Å². The van der Waals surface area contributed by atoms with Crippen molar-refractivity contribution < 1.29 is 24.2 Å². The average Bonchev–Trinajstić information content (AvgIpc) is 3.25. The van der Waals surface area contributed by atoms with E-state index < -0.39 is 5.97 Å². The third-order valence-electron chi connectivity index (χ3n) is 6.00. The first kappa shape index (κ1) is 24.9. The summed E-state index contributed by atoms with van der Waals surface area (Å²) in [5.41, 5.74) is 8.65. The molecule has 1 aliphatic rings. The summed E-state index contributed by atoms with van der Waals surface area (Å²) in [4.78, 5) is 42.6. The zero-order valence-electron chi connectivity index (χ0n) is 19.7. The second-order valence-electron chi connectivity index (χ2n) is 8.42. The van der Waals surface area contributed by atoms with Crippen LogP contribution in [0, 0.1) is 5.41 Å². The monoisotopic (exact) mass is 492 g/mol. The summed E-state index contributed by atoms with van der Waals surface area (Å²) in [7, 11) is 0. The van der Waals surface area contributed by atoms with E-state index in [-0.39, 0.29) is 37.0 Å². The van der Waals surface area contributed by atoms with Gasteiger partial charge in [-0.15, -0.1) is 0 Å². The Morgan fingerprint density at radius 2 is 1.75 bits per heavy atom. The maximum Gasteiger partial charge on any atom is 0.305 e. The number of morpholine rings is 1. The van der Waals surface area contributed by atoms with Gasteiger partial charge in [0.05, 0.1) is 30.7 Å². The van der Waals surface area contributed by atoms with E-state index in [1.165, 1.54) is 0 Å². The van der Waals surface area contributed by atoms with Gasteiger partial charge in [-0.3, -0.25) is 19.8 Å². The molecule has 0 radical (unpaired) electrons. The van der Waals surface area contributed by atoms with E-state index in [1.54, 1.807) is 35.2 Å². The molecule has 0 atom stereocenters. The number of benzene rings is 2. The van der Waals surface area contributed by atoms with Crippen LogP contribution in [-0.4, -0.2) is 76.0 Å². The van der Waals surface area contributed by atoms with Crippen molar-refractivity contribution >= 4 is 34.7 Å². The van der Waals surface area contributed by atoms with Crippen LogP contribution < -0.4 is 11.1 Å². The highest BCUT2D eigenvalue weighted by atomic mass is 16.5. The third kappa shape index (κ3) is 5.69. The molecule has 4 rings (SSSR count). The number of hydrogen-bond acceptors (Lipinski definition) is 6. The van der Waals surface area contributed by atoms with Gasteiger partial charge in [0.1, 0.15) is 11.7 Å². The van der Waals surface area contributed by atoms with Crippen LogP contribution in [0.2, 0.25) is 0 Å². The van der Waals surface area contributed by atoms with E-state index in [0.29, 0.717) is 55.3 Å². The zero-order valence-corrected chi connectivity index (χ0v) is 19.7. The maximum absolute atomic E-state index is 12.8. The number of nitrogens with two attached hydrogens (primary N) is 1. The molecule has 36 heavy (non-hydrogen) atoms. The first-order valence-corrected chi connectivity index (χ1v) is 11.6. The van der Waals surface area contributed by atoms with Gasteiger partial charge in [-0.1, -0.05) is 24.3 Å². The summed E-state index contributed by atoms with van der Waals surface area (Å²) in [5.74, 6) is -0.755. The molecule has 0 saturated carbocycles. The highest BCUT2D eigenvalue weighted by Gasteiger charge is 2.20. The smallest absolute Gasteiger partial charge is 0.305 e. The number of ether oxygens (including phenoxy) is 1. The van der Waals surface area contributed by atoms with Crippen LogP contribution in [0.4, 0.5) is 0 Å². The minimum atomic E-state index is -0.989. The summed E-state index contributed by atoms with van der Waals surface area (Å²) in [6.07, 6.45) is 0.113. The lowest BCUT2D eigenvalue weighted by molar-refractivity contribution is -0.137. The Kier molecular flexibility index (Phi) is 7.59. The Morgan fingerprint density at radius 3 is 2.42 bits per heavy atom. The van der Waals surface area contributed by atoms with Gasteiger partial charge in [-0.25, -0.2) is 4.98 Å². The van der Waals surface area contributed by atoms with Gasteiger partial charge in [0.25, 0.3) is 5.91 Å². The van der Waals surface area contributed by atoms with E-state index in [9.17, 15) is 14.4 Å². The molecule has 11 heteroatoms. The number of carbonyl (C=O) groups is 3. The first-order valence-electron chi connectivity index (χ1n) is 11.6. The second kappa shape index (κ2) is 11.0. The lowest BCUT2D eigenvalue weighted by atomic mass is 10.1. The lowest BCUT2D eigenvalue weighted by Crippen LogP contribution is -2.41. The molecule has 3 aromatic rings. The normalized spacial score (nSPS) is 13.5. The van der Waals surface area contributed by atoms with Crippen molar-refractivity contribution in [1.29, 1.82) is 5.41 Å². The quantitative estimate of drug-likeness (QED) is 0.259. The topological polar surface area (TPSA) is 164 Å². The Morgan fingerprint density at radius 1 is 1.06 bits per heavy atom. The molecule has 0 bridgehead atoms. The van der Waals surface area contributed by atoms with E-state index in [4.69, 9.17) is 26.0 Å². The van der Waals surface area contributed by atoms with Crippen molar-refractivity contribution in [2.45, 2.75) is 19.4 Å². The minimum absolute atomic E-state index is 0.0258. The van der Waals surface area contributed by atoms with E-state index >= 15 is 0 Å².